The summed E-state index contributed by atoms with van der Waals surface area (Å²) in [6.45, 7) is 4.87. The summed E-state index contributed by atoms with van der Waals surface area (Å²) in [5, 5.41) is 10.8. The highest BCUT2D eigenvalue weighted by atomic mass is 127. The Labute approximate surface area is 191 Å². The van der Waals surface area contributed by atoms with E-state index in [1.165, 1.54) is 11.8 Å². The Balaban J connectivity index is 0.00000450. The topological polar surface area (TPSA) is 76.4 Å². The molecule has 2 aromatic rings. The van der Waals surface area contributed by atoms with E-state index in [9.17, 15) is 13.2 Å². The van der Waals surface area contributed by atoms with Crippen LogP contribution in [0, 0.1) is 13.8 Å². The predicted octanol–water partition coefficient (Wildman–Crippen LogP) is 3.29. The van der Waals surface area contributed by atoms with Crippen LogP contribution in [-0.2, 0) is 20.0 Å². The molecule has 0 spiro atoms. The van der Waals surface area contributed by atoms with Crippen molar-refractivity contribution >= 4 is 29.9 Å². The highest BCUT2D eigenvalue weighted by molar-refractivity contribution is 14.0. The highest BCUT2D eigenvalue weighted by Gasteiger charge is 2.29. The number of nitrogens with zero attached hydrogens (tertiary/aromatic N) is 4. The third kappa shape index (κ3) is 7.65. The molecule has 2 heterocycles. The number of alkyl halides is 3. The lowest BCUT2D eigenvalue weighted by Crippen LogP contribution is -2.42. The van der Waals surface area contributed by atoms with Gasteiger partial charge in [-0.3, -0.25) is 9.67 Å². The summed E-state index contributed by atoms with van der Waals surface area (Å²) in [4.78, 5) is 8.07. The van der Waals surface area contributed by atoms with Crippen LogP contribution in [0.2, 0.25) is 0 Å². The quantitative estimate of drug-likeness (QED) is 0.321. The zero-order valence-corrected chi connectivity index (χ0v) is 20.0. The number of aryl methyl sites for hydroxylation is 2. The first-order valence-corrected chi connectivity index (χ1v) is 9.20. The van der Waals surface area contributed by atoms with Crippen molar-refractivity contribution in [2.45, 2.75) is 46.0 Å². The highest BCUT2D eigenvalue weighted by Crippen LogP contribution is 2.20. The molecule has 0 radical (unpaired) electrons. The van der Waals surface area contributed by atoms with Gasteiger partial charge in [0.05, 0.1) is 5.69 Å². The molecule has 0 aliphatic carbocycles. The minimum Gasteiger partial charge on any atom is -0.468 e. The first-order valence-electron chi connectivity index (χ1n) is 9.20. The Bertz CT molecular complexity index is 853. The number of halogens is 4. The number of aliphatic imine (C=N–C) groups is 1. The van der Waals surface area contributed by atoms with E-state index in [2.05, 4.69) is 25.7 Å². The zero-order valence-electron chi connectivity index (χ0n) is 17.7. The summed E-state index contributed by atoms with van der Waals surface area (Å²) in [5.74, 6) is 0.477. The summed E-state index contributed by atoms with van der Waals surface area (Å²) < 4.78 is 43.9. The summed E-state index contributed by atoms with van der Waals surface area (Å²) in [5.41, 5.74) is 3.79. The van der Waals surface area contributed by atoms with E-state index >= 15 is 0 Å². The van der Waals surface area contributed by atoms with Gasteiger partial charge < -0.3 is 15.4 Å². The Kier molecular flexibility index (Phi) is 9.85. The van der Waals surface area contributed by atoms with Crippen LogP contribution in [0.15, 0.2) is 23.3 Å². The van der Waals surface area contributed by atoms with Crippen LogP contribution >= 0.6 is 24.0 Å². The fraction of sp³-hybridized carbons (Fsp3) is 0.526. The third-order valence-corrected chi connectivity index (χ3v) is 4.44. The molecule has 0 aromatic carbocycles. The van der Waals surface area contributed by atoms with Crippen molar-refractivity contribution in [2.24, 2.45) is 12.0 Å². The maximum atomic E-state index is 12.4. The number of aromatic nitrogens is 3. The van der Waals surface area contributed by atoms with E-state index in [0.29, 0.717) is 11.5 Å². The molecule has 2 N–H and O–H groups in total. The molecule has 11 heteroatoms. The third-order valence-electron chi connectivity index (χ3n) is 4.44. The minimum absolute atomic E-state index is 0. The smallest absolute Gasteiger partial charge is 0.422 e. The van der Waals surface area contributed by atoms with E-state index in [-0.39, 0.29) is 42.4 Å². The number of guanidine groups is 1. The number of hydrogen-bond acceptors (Lipinski definition) is 4. The van der Waals surface area contributed by atoms with Crippen molar-refractivity contribution in [3.63, 3.8) is 0 Å². The van der Waals surface area contributed by atoms with Gasteiger partial charge in [0.1, 0.15) is 0 Å². The Morgan fingerprint density at radius 2 is 2.03 bits per heavy atom. The van der Waals surface area contributed by atoms with Crippen LogP contribution in [0.1, 0.15) is 29.4 Å². The fourth-order valence-electron chi connectivity index (χ4n) is 2.92. The predicted molar refractivity (Wildman–Crippen MR) is 120 cm³/mol. The second-order valence-electron chi connectivity index (χ2n) is 6.82. The van der Waals surface area contributed by atoms with E-state index in [0.717, 1.165) is 17.8 Å². The van der Waals surface area contributed by atoms with Crippen molar-refractivity contribution in [3.05, 3.63) is 40.8 Å². The molecule has 7 nitrogen and oxygen atoms in total. The molecule has 0 bridgehead atoms. The molecule has 0 saturated carbocycles. The largest absolute Gasteiger partial charge is 0.468 e. The van der Waals surface area contributed by atoms with Crippen LogP contribution in [0.5, 0.6) is 5.88 Å². The van der Waals surface area contributed by atoms with Gasteiger partial charge in [0.25, 0.3) is 0 Å². The average molecular weight is 540 g/mol. The molecule has 0 saturated heterocycles. The van der Waals surface area contributed by atoms with Crippen molar-refractivity contribution in [3.8, 4) is 5.88 Å². The van der Waals surface area contributed by atoms with Gasteiger partial charge in [-0.2, -0.15) is 18.3 Å². The Morgan fingerprint density at radius 1 is 1.33 bits per heavy atom. The second-order valence-corrected chi connectivity index (χ2v) is 6.82. The van der Waals surface area contributed by atoms with Crippen LogP contribution in [-0.4, -0.2) is 46.6 Å². The maximum Gasteiger partial charge on any atom is 0.422 e. The number of rotatable bonds is 7. The van der Waals surface area contributed by atoms with Crippen LogP contribution in [0.4, 0.5) is 13.2 Å². The Morgan fingerprint density at radius 3 is 2.60 bits per heavy atom. The zero-order chi connectivity index (χ0) is 21.6. The van der Waals surface area contributed by atoms with E-state index < -0.39 is 12.8 Å². The van der Waals surface area contributed by atoms with Gasteiger partial charge in [-0.1, -0.05) is 6.07 Å². The van der Waals surface area contributed by atoms with E-state index in [1.807, 2.05) is 32.5 Å². The van der Waals surface area contributed by atoms with Crippen molar-refractivity contribution in [1.29, 1.82) is 0 Å². The van der Waals surface area contributed by atoms with Gasteiger partial charge in [-0.25, -0.2) is 4.98 Å². The Hall–Kier alpha value is -2.05. The molecule has 0 amide bonds. The molecule has 0 aliphatic rings. The first kappa shape index (κ1) is 26.0. The second kappa shape index (κ2) is 11.4. The average Bonchev–Trinajstić information content (AvgIpc) is 2.89. The van der Waals surface area contributed by atoms with Crippen molar-refractivity contribution < 1.29 is 17.9 Å². The number of pyridine rings is 1. The van der Waals surface area contributed by atoms with E-state index in [1.54, 1.807) is 19.2 Å². The lowest BCUT2D eigenvalue weighted by Gasteiger charge is -2.19. The van der Waals surface area contributed by atoms with Gasteiger partial charge >= 0.3 is 6.18 Å². The first-order chi connectivity index (χ1) is 13.6. The van der Waals surface area contributed by atoms with Crippen LogP contribution in [0.25, 0.3) is 0 Å². The van der Waals surface area contributed by atoms with Gasteiger partial charge in [-0.15, -0.1) is 24.0 Å². The molecule has 2 rings (SSSR count). The molecule has 2 aromatic heterocycles. The monoisotopic (exact) mass is 540 g/mol. The number of nitrogens with one attached hydrogen (secondary N) is 2. The molecule has 1 atom stereocenters. The van der Waals surface area contributed by atoms with Crippen molar-refractivity contribution in [1.82, 2.24) is 25.4 Å². The molecule has 0 fully saturated rings. The summed E-state index contributed by atoms with van der Waals surface area (Å²) in [6.07, 6.45) is -2.26. The minimum atomic E-state index is -4.42. The summed E-state index contributed by atoms with van der Waals surface area (Å²) in [6, 6.07) is 3.37. The van der Waals surface area contributed by atoms with Crippen LogP contribution < -0.4 is 15.4 Å². The van der Waals surface area contributed by atoms with E-state index in [4.69, 9.17) is 4.74 Å². The number of hydrogen-bond donors (Lipinski definition) is 2. The SMILES string of the molecule is CN=C(NCc1cccnc1OCC(F)(F)F)NC(C)Cc1c(C)nn(C)c1C.I. The molecule has 168 valence electrons. The van der Waals surface area contributed by atoms with Crippen LogP contribution in [0.3, 0.4) is 0 Å². The molecule has 30 heavy (non-hydrogen) atoms. The van der Waals surface area contributed by atoms with Gasteiger partial charge in [0.2, 0.25) is 5.88 Å². The summed E-state index contributed by atoms with van der Waals surface area (Å²) in [7, 11) is 3.55. The molecule has 0 aliphatic heterocycles. The number of ether oxygens (including phenoxy) is 1. The maximum absolute atomic E-state index is 12.4. The lowest BCUT2D eigenvalue weighted by atomic mass is 10.1. The molecular weight excluding hydrogens is 512 g/mol. The standard InChI is InChI=1S/C19H27F3N6O.HI/c1-12(9-16-13(2)27-28(5)14(16)3)26-18(23-4)25-10-15-7-6-8-24-17(15)29-11-19(20,21)22;/h6-8,12H,9-11H2,1-5H3,(H2,23,25,26);1H. The fourth-order valence-corrected chi connectivity index (χ4v) is 2.92. The molecule has 1 unspecified atom stereocenters. The van der Waals surface area contributed by atoms with Gasteiger partial charge in [0, 0.05) is 44.1 Å². The van der Waals surface area contributed by atoms with Crippen molar-refractivity contribution in [2.75, 3.05) is 13.7 Å². The summed E-state index contributed by atoms with van der Waals surface area (Å²) >= 11 is 0. The molecular formula is C19H28F3IN6O. The normalized spacial score (nSPS) is 12.9. The van der Waals surface area contributed by atoms with Gasteiger partial charge in [0.15, 0.2) is 12.6 Å². The van der Waals surface area contributed by atoms with Gasteiger partial charge in [-0.05, 0) is 38.8 Å². The lowest BCUT2D eigenvalue weighted by molar-refractivity contribution is -0.154.